The third-order valence-corrected chi connectivity index (χ3v) is 6.32. The van der Waals surface area contributed by atoms with E-state index in [2.05, 4.69) is 15.0 Å². The fourth-order valence-corrected chi connectivity index (χ4v) is 5.07. The average molecular weight is 431 g/mol. The summed E-state index contributed by atoms with van der Waals surface area (Å²) in [4.78, 5) is 12.9. The van der Waals surface area contributed by atoms with Crippen molar-refractivity contribution in [3.63, 3.8) is 0 Å². The van der Waals surface area contributed by atoms with Crippen LogP contribution in [0.3, 0.4) is 0 Å². The molecule has 0 unspecified atom stereocenters. The van der Waals surface area contributed by atoms with Gasteiger partial charge in [-0.15, -0.1) is 0 Å². The van der Waals surface area contributed by atoms with Crippen molar-refractivity contribution in [2.24, 2.45) is 7.05 Å². The minimum absolute atomic E-state index is 0.0860. The zero-order valence-electron chi connectivity index (χ0n) is 15.0. The Bertz CT molecular complexity index is 1180. The molecular formula is C16H16F3N5O2S2. The number of thioether (sulfide) groups is 1. The fraction of sp³-hybridized carbons (Fsp3) is 0.438. The number of aryl methyl sites for hydroxylation is 2. The van der Waals surface area contributed by atoms with Crippen LogP contribution in [0.4, 0.5) is 13.2 Å². The summed E-state index contributed by atoms with van der Waals surface area (Å²) >= 11 is -0.271. The van der Waals surface area contributed by atoms with E-state index in [0.717, 1.165) is 25.3 Å². The van der Waals surface area contributed by atoms with E-state index in [1.54, 1.807) is 16.2 Å². The van der Waals surface area contributed by atoms with Crippen molar-refractivity contribution in [2.75, 3.05) is 6.26 Å². The number of rotatable bonds is 3. The normalized spacial score (nSPS) is 15.2. The first kappa shape index (κ1) is 19.2. The van der Waals surface area contributed by atoms with Crippen molar-refractivity contribution in [3.05, 3.63) is 18.1 Å². The molecule has 4 heterocycles. The number of fused-ring (bicyclic) bond motifs is 2. The lowest BCUT2D eigenvalue weighted by molar-refractivity contribution is -0.0328. The molecule has 12 heteroatoms. The number of halogens is 3. The Kier molecular flexibility index (Phi) is 4.45. The van der Waals surface area contributed by atoms with Crippen molar-refractivity contribution in [1.29, 1.82) is 0 Å². The van der Waals surface area contributed by atoms with Crippen LogP contribution in [0.25, 0.3) is 22.7 Å². The van der Waals surface area contributed by atoms with Gasteiger partial charge in [-0.2, -0.15) is 13.2 Å². The van der Waals surface area contributed by atoms with Gasteiger partial charge in [0.05, 0.1) is 0 Å². The Hall–Kier alpha value is -2.08. The van der Waals surface area contributed by atoms with E-state index in [1.165, 1.54) is 6.07 Å². The second-order valence-electron chi connectivity index (χ2n) is 6.62. The molecule has 0 atom stereocenters. The monoisotopic (exact) mass is 431 g/mol. The molecule has 0 radical (unpaired) electrons. The first-order valence-corrected chi connectivity index (χ1v) is 11.1. The summed E-state index contributed by atoms with van der Waals surface area (Å²) in [5.41, 5.74) is -3.62. The summed E-state index contributed by atoms with van der Waals surface area (Å²) in [5.74, 6) is 0.939. The van der Waals surface area contributed by atoms with Gasteiger partial charge in [0.15, 0.2) is 26.3 Å². The summed E-state index contributed by atoms with van der Waals surface area (Å²) in [6.45, 7) is 0.555. The smallest absolute Gasteiger partial charge is 0.318 e. The molecule has 0 aromatic carbocycles. The number of sulfone groups is 1. The number of imidazole rings is 2. The molecule has 0 bridgehead atoms. The van der Waals surface area contributed by atoms with Crippen LogP contribution in [0.5, 0.6) is 0 Å². The van der Waals surface area contributed by atoms with Crippen molar-refractivity contribution < 1.29 is 21.6 Å². The molecule has 0 amide bonds. The Labute approximate surface area is 162 Å². The second kappa shape index (κ2) is 6.48. The van der Waals surface area contributed by atoms with Gasteiger partial charge in [0, 0.05) is 37.4 Å². The molecule has 3 aromatic rings. The average Bonchev–Trinajstić information content (AvgIpc) is 3.11. The van der Waals surface area contributed by atoms with Gasteiger partial charge in [0.2, 0.25) is 0 Å². The minimum atomic E-state index is -4.43. The summed E-state index contributed by atoms with van der Waals surface area (Å²) in [6, 6.07) is 1.29. The zero-order chi connectivity index (χ0) is 20.3. The first-order chi connectivity index (χ1) is 13.0. The van der Waals surface area contributed by atoms with Gasteiger partial charge in [-0.05, 0) is 30.7 Å². The highest BCUT2D eigenvalue weighted by Crippen LogP contribution is 2.38. The molecule has 1 aliphatic heterocycles. The molecule has 0 aliphatic carbocycles. The second-order valence-corrected chi connectivity index (χ2v) is 9.69. The quantitative estimate of drug-likeness (QED) is 0.593. The molecule has 1 aliphatic rings. The van der Waals surface area contributed by atoms with Crippen LogP contribution >= 0.6 is 11.8 Å². The van der Waals surface area contributed by atoms with Gasteiger partial charge >= 0.3 is 5.51 Å². The molecule has 0 fully saturated rings. The van der Waals surface area contributed by atoms with Crippen LogP contribution in [-0.2, 0) is 29.9 Å². The predicted molar refractivity (Wildman–Crippen MR) is 97.7 cm³/mol. The van der Waals surface area contributed by atoms with E-state index >= 15 is 0 Å². The summed E-state index contributed by atoms with van der Waals surface area (Å²) in [5, 5.41) is 0.0884. The summed E-state index contributed by atoms with van der Waals surface area (Å²) in [6.07, 6.45) is 4.68. The molecule has 7 nitrogen and oxygen atoms in total. The van der Waals surface area contributed by atoms with Gasteiger partial charge in [-0.3, -0.25) is 0 Å². The summed E-state index contributed by atoms with van der Waals surface area (Å²) < 4.78 is 66.1. The lowest BCUT2D eigenvalue weighted by Crippen LogP contribution is -2.15. The first-order valence-electron chi connectivity index (χ1n) is 8.42. The Morgan fingerprint density at radius 2 is 1.96 bits per heavy atom. The molecule has 0 spiro atoms. The van der Waals surface area contributed by atoms with Crippen LogP contribution in [0.2, 0.25) is 0 Å². The zero-order valence-corrected chi connectivity index (χ0v) is 16.6. The molecular weight excluding hydrogens is 415 g/mol. The number of pyridine rings is 1. The third kappa shape index (κ3) is 3.39. The summed E-state index contributed by atoms with van der Waals surface area (Å²) in [7, 11) is -1.95. The van der Waals surface area contributed by atoms with Crippen molar-refractivity contribution in [2.45, 2.75) is 41.2 Å². The van der Waals surface area contributed by atoms with Crippen molar-refractivity contribution in [3.8, 4) is 11.5 Å². The number of alkyl halides is 3. The Morgan fingerprint density at radius 3 is 2.64 bits per heavy atom. The van der Waals surface area contributed by atoms with Crippen LogP contribution in [0.15, 0.2) is 22.2 Å². The molecule has 0 saturated carbocycles. The number of nitrogens with zero attached hydrogens (tertiary/aromatic N) is 5. The standard InChI is InChI=1S/C16H16F3N5O2S2/c1-23-13-10(7-9(8-20-13)27-16(17,18)19)21-14(23)12-15(28(2,25)26)24-6-4-3-5-11(24)22-12/h7-8H,3-6H2,1-2H3. The third-order valence-electron chi connectivity index (χ3n) is 4.51. The van der Waals surface area contributed by atoms with E-state index in [-0.39, 0.29) is 38.7 Å². The van der Waals surface area contributed by atoms with Gasteiger partial charge < -0.3 is 9.13 Å². The maximum absolute atomic E-state index is 12.6. The molecule has 4 rings (SSSR count). The van der Waals surface area contributed by atoms with E-state index in [1.807, 2.05) is 0 Å². The maximum Gasteiger partial charge on any atom is 0.446 e. The van der Waals surface area contributed by atoms with Crippen LogP contribution in [0, 0.1) is 0 Å². The van der Waals surface area contributed by atoms with E-state index < -0.39 is 15.3 Å². The van der Waals surface area contributed by atoms with Gasteiger partial charge in [0.1, 0.15) is 17.0 Å². The molecule has 3 aromatic heterocycles. The lowest BCUT2D eigenvalue weighted by atomic mass is 10.2. The van der Waals surface area contributed by atoms with E-state index in [4.69, 9.17) is 0 Å². The highest BCUT2D eigenvalue weighted by atomic mass is 32.2. The maximum atomic E-state index is 12.6. The topological polar surface area (TPSA) is 82.7 Å². The highest BCUT2D eigenvalue weighted by molar-refractivity contribution is 8.00. The fourth-order valence-electron chi connectivity index (χ4n) is 3.44. The SMILES string of the molecule is Cn1c(-c2nc3n(c2S(C)(=O)=O)CCCC3)nc2cc(SC(F)(F)F)cnc21. The number of hydrogen-bond acceptors (Lipinski definition) is 6. The van der Waals surface area contributed by atoms with Crippen LogP contribution < -0.4 is 0 Å². The van der Waals surface area contributed by atoms with E-state index in [9.17, 15) is 21.6 Å². The van der Waals surface area contributed by atoms with Gasteiger partial charge in [-0.1, -0.05) is 0 Å². The minimum Gasteiger partial charge on any atom is -0.318 e. The van der Waals surface area contributed by atoms with Gasteiger partial charge in [-0.25, -0.2) is 23.4 Å². The van der Waals surface area contributed by atoms with Crippen LogP contribution in [0.1, 0.15) is 18.7 Å². The van der Waals surface area contributed by atoms with E-state index in [0.29, 0.717) is 24.4 Å². The largest absolute Gasteiger partial charge is 0.446 e. The Morgan fingerprint density at radius 1 is 1.21 bits per heavy atom. The molecule has 150 valence electrons. The molecule has 28 heavy (non-hydrogen) atoms. The number of aromatic nitrogens is 5. The van der Waals surface area contributed by atoms with Crippen molar-refractivity contribution >= 4 is 32.8 Å². The lowest BCUT2D eigenvalue weighted by Gasteiger charge is -2.15. The highest BCUT2D eigenvalue weighted by Gasteiger charge is 2.31. The van der Waals surface area contributed by atoms with Gasteiger partial charge in [0.25, 0.3) is 0 Å². The molecule has 0 saturated heterocycles. The van der Waals surface area contributed by atoms with Crippen LogP contribution in [-0.4, -0.2) is 44.3 Å². The predicted octanol–water partition coefficient (Wildman–Crippen LogP) is 3.18. The Balaban J connectivity index is 1.90. The van der Waals surface area contributed by atoms with Crippen molar-refractivity contribution in [1.82, 2.24) is 24.1 Å². The molecule has 0 N–H and O–H groups in total. The number of hydrogen-bond donors (Lipinski definition) is 0.